The molecule has 0 bridgehead atoms. The van der Waals surface area contributed by atoms with Crippen LogP contribution in [0.4, 0.5) is 5.69 Å². The maximum absolute atomic E-state index is 12.6. The first-order valence-corrected chi connectivity index (χ1v) is 12.9. The van der Waals surface area contributed by atoms with Crippen molar-refractivity contribution in [2.45, 2.75) is 41.2 Å². The van der Waals surface area contributed by atoms with Gasteiger partial charge in [-0.3, -0.25) is 4.79 Å². The number of aliphatic imine (C=N–C) groups is 1. The largest absolute Gasteiger partial charge is 0.490 e. The summed E-state index contributed by atoms with van der Waals surface area (Å²) in [6.45, 7) is 11.1. The number of thioether (sulfide) groups is 1. The fourth-order valence-corrected chi connectivity index (χ4v) is 5.01. The average Bonchev–Trinajstić information content (AvgIpc) is 3.15. The third-order valence-corrected chi connectivity index (χ3v) is 7.13. The third kappa shape index (κ3) is 6.12. The lowest BCUT2D eigenvalue weighted by atomic mass is 10.0. The van der Waals surface area contributed by atoms with Gasteiger partial charge in [-0.15, -0.1) is 0 Å². The predicted octanol–water partition coefficient (Wildman–Crippen LogP) is 7.44. The van der Waals surface area contributed by atoms with Gasteiger partial charge >= 0.3 is 0 Å². The predicted molar refractivity (Wildman–Crippen MR) is 150 cm³/mol. The molecule has 1 aliphatic heterocycles. The van der Waals surface area contributed by atoms with E-state index in [0.717, 1.165) is 11.1 Å². The summed E-state index contributed by atoms with van der Waals surface area (Å²) < 4.78 is 12.0. The summed E-state index contributed by atoms with van der Waals surface area (Å²) in [7, 11) is 0. The number of carbonyl (C=O) groups excluding carboxylic acids is 1. The zero-order valence-corrected chi connectivity index (χ0v) is 22.6. The first-order valence-electron chi connectivity index (χ1n) is 11.8. The molecule has 36 heavy (non-hydrogen) atoms. The van der Waals surface area contributed by atoms with Crippen molar-refractivity contribution < 1.29 is 14.3 Å². The van der Waals surface area contributed by atoms with Gasteiger partial charge in [0.25, 0.3) is 5.91 Å². The number of benzene rings is 3. The van der Waals surface area contributed by atoms with Crippen molar-refractivity contribution in [3.8, 4) is 11.5 Å². The Morgan fingerprint density at radius 2 is 1.69 bits per heavy atom. The second-order valence-corrected chi connectivity index (χ2v) is 10.2. The maximum Gasteiger partial charge on any atom is 0.264 e. The first kappa shape index (κ1) is 25.9. The van der Waals surface area contributed by atoms with Crippen LogP contribution in [0.25, 0.3) is 6.08 Å². The van der Waals surface area contributed by atoms with E-state index in [2.05, 4.69) is 43.2 Å². The zero-order chi connectivity index (χ0) is 25.8. The van der Waals surface area contributed by atoms with E-state index in [-0.39, 0.29) is 5.91 Å². The lowest BCUT2D eigenvalue weighted by molar-refractivity contribution is -0.115. The lowest BCUT2D eigenvalue weighted by Crippen LogP contribution is -2.19. The number of halogens is 1. The number of nitrogens with zero attached hydrogens (tertiary/aromatic N) is 1. The number of nitrogens with one attached hydrogen (secondary N) is 1. The summed E-state index contributed by atoms with van der Waals surface area (Å²) in [6.07, 6.45) is 1.82. The standard InChI is InChI=1S/C29H29ClN2O3S/c1-6-34-26-13-21(8-10-25(26)35-16-23-19(4)11-17(2)12-20(23)5)14-27-28(33)32-29(36-27)31-22-9-7-18(3)24(30)15-22/h7-15H,6,16H2,1-5H3,(H,31,32,33)/b27-14-. The molecule has 0 aliphatic carbocycles. The fourth-order valence-electron chi connectivity index (χ4n) is 3.99. The van der Waals surface area contributed by atoms with Gasteiger partial charge < -0.3 is 14.8 Å². The molecule has 1 fully saturated rings. The van der Waals surface area contributed by atoms with Crippen LogP contribution in [0.3, 0.4) is 0 Å². The maximum atomic E-state index is 12.6. The van der Waals surface area contributed by atoms with Crippen LogP contribution in [0, 0.1) is 27.7 Å². The highest BCUT2D eigenvalue weighted by molar-refractivity contribution is 8.18. The Morgan fingerprint density at radius 1 is 0.944 bits per heavy atom. The van der Waals surface area contributed by atoms with Gasteiger partial charge in [0.2, 0.25) is 0 Å². The molecular weight excluding hydrogens is 492 g/mol. The molecule has 5 nitrogen and oxygen atoms in total. The molecule has 0 unspecified atom stereocenters. The lowest BCUT2D eigenvalue weighted by Gasteiger charge is -2.15. The van der Waals surface area contributed by atoms with Gasteiger partial charge in [0, 0.05) is 5.02 Å². The summed E-state index contributed by atoms with van der Waals surface area (Å²) >= 11 is 7.49. The second-order valence-electron chi connectivity index (χ2n) is 8.72. The number of ether oxygens (including phenoxy) is 2. The van der Waals surface area contributed by atoms with Gasteiger partial charge in [0.15, 0.2) is 16.7 Å². The Hall–Kier alpha value is -3.22. The van der Waals surface area contributed by atoms with Gasteiger partial charge in [0.1, 0.15) is 6.61 Å². The molecule has 1 N–H and O–H groups in total. The topological polar surface area (TPSA) is 59.9 Å². The van der Waals surface area contributed by atoms with E-state index < -0.39 is 0 Å². The summed E-state index contributed by atoms with van der Waals surface area (Å²) in [5.41, 5.74) is 7.34. The van der Waals surface area contributed by atoms with Crippen LogP contribution in [-0.4, -0.2) is 17.7 Å². The van der Waals surface area contributed by atoms with Crippen molar-refractivity contribution in [3.05, 3.63) is 91.8 Å². The second kappa shape index (κ2) is 11.2. The molecule has 7 heteroatoms. The van der Waals surface area contributed by atoms with E-state index in [1.54, 1.807) is 6.07 Å². The Bertz CT molecular complexity index is 1360. The van der Waals surface area contributed by atoms with Crippen molar-refractivity contribution in [2.24, 2.45) is 4.99 Å². The van der Waals surface area contributed by atoms with E-state index in [1.165, 1.54) is 34.0 Å². The summed E-state index contributed by atoms with van der Waals surface area (Å²) in [5, 5.41) is 3.97. The van der Waals surface area contributed by atoms with Gasteiger partial charge in [-0.1, -0.05) is 41.4 Å². The van der Waals surface area contributed by atoms with Crippen LogP contribution >= 0.6 is 23.4 Å². The van der Waals surface area contributed by atoms with Crippen LogP contribution in [-0.2, 0) is 11.4 Å². The van der Waals surface area contributed by atoms with Crippen molar-refractivity contribution in [1.82, 2.24) is 5.32 Å². The van der Waals surface area contributed by atoms with Gasteiger partial charge in [0.05, 0.1) is 17.2 Å². The molecule has 186 valence electrons. The van der Waals surface area contributed by atoms with E-state index in [1.807, 2.05) is 50.3 Å². The molecule has 1 heterocycles. The van der Waals surface area contributed by atoms with Crippen LogP contribution in [0.1, 0.15) is 40.3 Å². The molecule has 0 spiro atoms. The molecule has 4 rings (SSSR count). The van der Waals surface area contributed by atoms with Crippen LogP contribution in [0.5, 0.6) is 11.5 Å². The van der Waals surface area contributed by atoms with E-state index >= 15 is 0 Å². The fraction of sp³-hybridized carbons (Fsp3) is 0.241. The van der Waals surface area contributed by atoms with Crippen LogP contribution in [0.2, 0.25) is 5.02 Å². The molecule has 0 saturated carbocycles. The molecule has 0 aromatic heterocycles. The number of carbonyl (C=O) groups is 1. The van der Waals surface area contributed by atoms with Crippen molar-refractivity contribution >= 4 is 46.2 Å². The number of amides is 1. The van der Waals surface area contributed by atoms with Crippen LogP contribution in [0.15, 0.2) is 58.4 Å². The van der Waals surface area contributed by atoms with E-state index in [9.17, 15) is 4.79 Å². The number of hydrogen-bond donors (Lipinski definition) is 1. The summed E-state index contributed by atoms with van der Waals surface area (Å²) in [4.78, 5) is 17.6. The molecule has 0 atom stereocenters. The number of rotatable bonds is 7. The van der Waals surface area contributed by atoms with Crippen molar-refractivity contribution in [2.75, 3.05) is 6.61 Å². The van der Waals surface area contributed by atoms with Crippen molar-refractivity contribution in [3.63, 3.8) is 0 Å². The molecule has 0 radical (unpaired) electrons. The zero-order valence-electron chi connectivity index (χ0n) is 21.1. The Labute approximate surface area is 221 Å². The number of amidine groups is 1. The minimum absolute atomic E-state index is 0.194. The smallest absolute Gasteiger partial charge is 0.264 e. The minimum atomic E-state index is -0.194. The number of aryl methyl sites for hydroxylation is 4. The molecule has 1 saturated heterocycles. The minimum Gasteiger partial charge on any atom is -0.490 e. The van der Waals surface area contributed by atoms with Crippen LogP contribution < -0.4 is 14.8 Å². The van der Waals surface area contributed by atoms with Gasteiger partial charge in [-0.25, -0.2) is 4.99 Å². The highest BCUT2D eigenvalue weighted by Crippen LogP contribution is 2.34. The third-order valence-electron chi connectivity index (χ3n) is 5.81. The molecule has 1 amide bonds. The quantitative estimate of drug-likeness (QED) is 0.329. The summed E-state index contributed by atoms with van der Waals surface area (Å²) in [5.74, 6) is 1.11. The first-order chi connectivity index (χ1) is 17.2. The van der Waals surface area contributed by atoms with Gasteiger partial charge in [-0.05, 0) is 105 Å². The summed E-state index contributed by atoms with van der Waals surface area (Å²) in [6, 6.07) is 15.6. The van der Waals surface area contributed by atoms with Gasteiger partial charge in [-0.2, -0.15) is 0 Å². The van der Waals surface area contributed by atoms with E-state index in [0.29, 0.717) is 45.5 Å². The van der Waals surface area contributed by atoms with E-state index in [4.69, 9.17) is 21.1 Å². The Balaban J connectivity index is 1.53. The average molecular weight is 521 g/mol. The molecule has 3 aromatic rings. The van der Waals surface area contributed by atoms with Crippen molar-refractivity contribution in [1.29, 1.82) is 0 Å². The Kier molecular flexibility index (Phi) is 8.07. The molecular formula is C29H29ClN2O3S. The monoisotopic (exact) mass is 520 g/mol. The SMILES string of the molecule is CCOc1cc(/C=C2\SC(=Nc3ccc(C)c(Cl)c3)NC2=O)ccc1OCc1c(C)cc(C)cc1C. The normalized spacial score (nSPS) is 15.4. The Morgan fingerprint density at radius 3 is 2.39 bits per heavy atom. The number of hydrogen-bond acceptors (Lipinski definition) is 5. The highest BCUT2D eigenvalue weighted by atomic mass is 35.5. The highest BCUT2D eigenvalue weighted by Gasteiger charge is 2.24. The molecule has 3 aromatic carbocycles. The molecule has 1 aliphatic rings.